The maximum absolute atomic E-state index is 12.8. The normalized spacial score (nSPS) is 15.5. The van der Waals surface area contributed by atoms with Gasteiger partial charge in [0.1, 0.15) is 0 Å². The van der Waals surface area contributed by atoms with Crippen LogP contribution in [0, 0.1) is 0 Å². The first-order valence-electron chi connectivity index (χ1n) is 7.70. The lowest BCUT2D eigenvalue weighted by Gasteiger charge is -2.28. The van der Waals surface area contributed by atoms with Crippen LogP contribution in [0.2, 0.25) is 0 Å². The first-order valence-corrected chi connectivity index (χ1v) is 7.70. The number of hydrogen-bond donors (Lipinski definition) is 1. The lowest BCUT2D eigenvalue weighted by molar-refractivity contribution is 0.0638. The first-order chi connectivity index (χ1) is 10.3. The summed E-state index contributed by atoms with van der Waals surface area (Å²) in [5.41, 5.74) is 0.717. The average molecular weight is 283 g/mol. The summed E-state index contributed by atoms with van der Waals surface area (Å²) >= 11 is 0. The molecule has 1 N–H and O–H groups in total. The lowest BCUT2D eigenvalue weighted by Crippen LogP contribution is -2.40. The second kappa shape index (κ2) is 6.27. The number of aliphatic hydroxyl groups is 1. The third kappa shape index (κ3) is 2.93. The third-order valence-corrected chi connectivity index (χ3v) is 4.36. The van der Waals surface area contributed by atoms with Crippen LogP contribution in [0.15, 0.2) is 42.5 Å². The van der Waals surface area contributed by atoms with Crippen LogP contribution in [-0.4, -0.2) is 35.1 Å². The average Bonchev–Trinajstić information content (AvgIpc) is 3.05. The van der Waals surface area contributed by atoms with Crippen LogP contribution < -0.4 is 0 Å². The standard InChI is InChI=1S/C18H21NO2/c20-12-11-19(17-7-3-4-8-17)18(21)16-10-9-14-5-1-2-6-15(14)13-16/h1-2,5-6,9-10,13,17,20H,3-4,7-8,11-12H2. The minimum absolute atomic E-state index is 0.0236. The van der Waals surface area contributed by atoms with E-state index in [1.165, 1.54) is 12.8 Å². The number of carbonyl (C=O) groups excluding carboxylic acids is 1. The van der Waals surface area contributed by atoms with E-state index in [0.29, 0.717) is 12.1 Å². The number of fused-ring (bicyclic) bond motifs is 1. The number of benzene rings is 2. The fourth-order valence-electron chi connectivity index (χ4n) is 3.26. The largest absolute Gasteiger partial charge is 0.395 e. The molecule has 1 saturated carbocycles. The van der Waals surface area contributed by atoms with Gasteiger partial charge in [-0.15, -0.1) is 0 Å². The van der Waals surface area contributed by atoms with Gasteiger partial charge in [0.05, 0.1) is 6.61 Å². The lowest BCUT2D eigenvalue weighted by atomic mass is 10.1. The van der Waals surface area contributed by atoms with Crippen LogP contribution in [0.3, 0.4) is 0 Å². The summed E-state index contributed by atoms with van der Waals surface area (Å²) in [4.78, 5) is 14.6. The van der Waals surface area contributed by atoms with Gasteiger partial charge in [-0.2, -0.15) is 0 Å². The highest BCUT2D eigenvalue weighted by molar-refractivity contribution is 5.98. The summed E-state index contributed by atoms with van der Waals surface area (Å²) < 4.78 is 0. The Balaban J connectivity index is 1.89. The van der Waals surface area contributed by atoms with E-state index in [-0.39, 0.29) is 18.6 Å². The molecule has 1 aliphatic carbocycles. The Labute approximate surface area is 125 Å². The number of rotatable bonds is 4. The number of carbonyl (C=O) groups is 1. The van der Waals surface area contributed by atoms with Crippen molar-refractivity contribution in [2.45, 2.75) is 31.7 Å². The fraction of sp³-hybridized carbons (Fsp3) is 0.389. The van der Waals surface area contributed by atoms with Gasteiger partial charge in [0.25, 0.3) is 5.91 Å². The van der Waals surface area contributed by atoms with E-state index in [0.717, 1.165) is 23.6 Å². The highest BCUT2D eigenvalue weighted by Gasteiger charge is 2.26. The molecule has 0 aliphatic heterocycles. The highest BCUT2D eigenvalue weighted by atomic mass is 16.3. The zero-order valence-corrected chi connectivity index (χ0v) is 12.2. The summed E-state index contributed by atoms with van der Waals surface area (Å²) in [5, 5.41) is 11.5. The highest BCUT2D eigenvalue weighted by Crippen LogP contribution is 2.25. The number of nitrogens with zero attached hydrogens (tertiary/aromatic N) is 1. The molecular formula is C18H21NO2. The van der Waals surface area contributed by atoms with Gasteiger partial charge in [-0.3, -0.25) is 4.79 Å². The summed E-state index contributed by atoms with van der Waals surface area (Å²) in [6, 6.07) is 14.2. The second-order valence-corrected chi connectivity index (χ2v) is 5.72. The molecule has 1 aliphatic rings. The van der Waals surface area contributed by atoms with Crippen molar-refractivity contribution in [3.05, 3.63) is 48.0 Å². The fourth-order valence-corrected chi connectivity index (χ4v) is 3.26. The minimum atomic E-state index is 0.0236. The Kier molecular flexibility index (Phi) is 4.20. The van der Waals surface area contributed by atoms with Gasteiger partial charge in [-0.05, 0) is 35.7 Å². The van der Waals surface area contributed by atoms with Gasteiger partial charge in [-0.1, -0.05) is 43.2 Å². The second-order valence-electron chi connectivity index (χ2n) is 5.72. The van der Waals surface area contributed by atoms with Crippen molar-refractivity contribution in [1.29, 1.82) is 0 Å². The molecule has 3 rings (SSSR count). The summed E-state index contributed by atoms with van der Waals surface area (Å²) in [7, 11) is 0. The zero-order valence-electron chi connectivity index (χ0n) is 12.2. The van der Waals surface area contributed by atoms with Crippen LogP contribution in [0.25, 0.3) is 10.8 Å². The zero-order chi connectivity index (χ0) is 14.7. The predicted molar refractivity (Wildman–Crippen MR) is 84.3 cm³/mol. The minimum Gasteiger partial charge on any atom is -0.395 e. The van der Waals surface area contributed by atoms with Crippen LogP contribution >= 0.6 is 0 Å². The van der Waals surface area contributed by atoms with Crippen LogP contribution in [0.4, 0.5) is 0 Å². The number of amides is 1. The molecule has 1 amide bonds. The Bertz CT molecular complexity index is 632. The first kappa shape index (κ1) is 14.1. The smallest absolute Gasteiger partial charge is 0.254 e. The van der Waals surface area contributed by atoms with Crippen molar-refractivity contribution in [2.75, 3.05) is 13.2 Å². The molecule has 2 aromatic rings. The molecule has 0 spiro atoms. The van der Waals surface area contributed by atoms with Crippen LogP contribution in [-0.2, 0) is 0 Å². The van der Waals surface area contributed by atoms with E-state index in [2.05, 4.69) is 0 Å². The van der Waals surface area contributed by atoms with Crippen molar-refractivity contribution in [3.8, 4) is 0 Å². The van der Waals surface area contributed by atoms with E-state index < -0.39 is 0 Å². The van der Waals surface area contributed by atoms with Crippen molar-refractivity contribution in [2.24, 2.45) is 0 Å². The summed E-state index contributed by atoms with van der Waals surface area (Å²) in [6.45, 7) is 0.451. The van der Waals surface area contributed by atoms with Crippen molar-refractivity contribution in [1.82, 2.24) is 4.90 Å². The van der Waals surface area contributed by atoms with E-state index in [1.54, 1.807) is 0 Å². The van der Waals surface area contributed by atoms with Crippen LogP contribution in [0.1, 0.15) is 36.0 Å². The maximum Gasteiger partial charge on any atom is 0.254 e. The molecule has 21 heavy (non-hydrogen) atoms. The molecule has 0 radical (unpaired) electrons. The third-order valence-electron chi connectivity index (χ3n) is 4.36. The molecule has 1 fully saturated rings. The van der Waals surface area contributed by atoms with E-state index in [4.69, 9.17) is 0 Å². The maximum atomic E-state index is 12.8. The van der Waals surface area contributed by atoms with Gasteiger partial charge >= 0.3 is 0 Å². The number of hydrogen-bond acceptors (Lipinski definition) is 2. The Morgan fingerprint density at radius 3 is 2.52 bits per heavy atom. The molecule has 3 nitrogen and oxygen atoms in total. The quantitative estimate of drug-likeness (QED) is 0.936. The molecule has 3 heteroatoms. The SMILES string of the molecule is O=C(c1ccc2ccccc2c1)N(CCO)C1CCCC1. The van der Waals surface area contributed by atoms with Gasteiger partial charge in [-0.25, -0.2) is 0 Å². The van der Waals surface area contributed by atoms with E-state index in [1.807, 2.05) is 47.4 Å². The molecule has 0 aromatic heterocycles. The molecule has 2 aromatic carbocycles. The van der Waals surface area contributed by atoms with Crippen molar-refractivity contribution >= 4 is 16.7 Å². The summed E-state index contributed by atoms with van der Waals surface area (Å²) in [5.74, 6) is 0.0432. The Morgan fingerprint density at radius 1 is 1.10 bits per heavy atom. The van der Waals surface area contributed by atoms with Gasteiger partial charge in [0, 0.05) is 18.2 Å². The summed E-state index contributed by atoms with van der Waals surface area (Å²) in [6.07, 6.45) is 4.47. The van der Waals surface area contributed by atoms with E-state index in [9.17, 15) is 9.90 Å². The topological polar surface area (TPSA) is 40.5 Å². The van der Waals surface area contributed by atoms with E-state index >= 15 is 0 Å². The Morgan fingerprint density at radius 2 is 1.81 bits per heavy atom. The molecule has 0 heterocycles. The van der Waals surface area contributed by atoms with Gasteiger partial charge < -0.3 is 10.0 Å². The molecule has 0 atom stereocenters. The Hall–Kier alpha value is -1.87. The van der Waals surface area contributed by atoms with Crippen molar-refractivity contribution < 1.29 is 9.90 Å². The number of aliphatic hydroxyl groups excluding tert-OH is 1. The molecule has 110 valence electrons. The molecular weight excluding hydrogens is 262 g/mol. The molecule has 0 unspecified atom stereocenters. The van der Waals surface area contributed by atoms with Crippen LogP contribution in [0.5, 0.6) is 0 Å². The van der Waals surface area contributed by atoms with Gasteiger partial charge in [0.15, 0.2) is 0 Å². The predicted octanol–water partition coefficient (Wildman–Crippen LogP) is 3.22. The van der Waals surface area contributed by atoms with Gasteiger partial charge in [0.2, 0.25) is 0 Å². The molecule has 0 saturated heterocycles. The van der Waals surface area contributed by atoms with Crippen molar-refractivity contribution in [3.63, 3.8) is 0 Å². The monoisotopic (exact) mass is 283 g/mol. The molecule has 0 bridgehead atoms.